The molecule has 110 valence electrons. The Labute approximate surface area is 111 Å². The average Bonchev–Trinajstić information content (AvgIpc) is 2.36. The van der Waals surface area contributed by atoms with Gasteiger partial charge in [0, 0.05) is 18.9 Å². The molecule has 1 spiro atoms. The summed E-state index contributed by atoms with van der Waals surface area (Å²) < 4.78 is 42.3. The van der Waals surface area contributed by atoms with Gasteiger partial charge in [-0.05, 0) is 25.7 Å². The fourth-order valence-electron chi connectivity index (χ4n) is 3.32. The van der Waals surface area contributed by atoms with E-state index in [2.05, 4.69) is 0 Å². The molecule has 1 atom stereocenters. The van der Waals surface area contributed by atoms with E-state index in [1.54, 1.807) is 0 Å². The van der Waals surface area contributed by atoms with Gasteiger partial charge in [-0.25, -0.2) is 0 Å². The second-order valence-electron chi connectivity index (χ2n) is 5.86. The van der Waals surface area contributed by atoms with Gasteiger partial charge in [0.05, 0.1) is 12.0 Å². The molecule has 0 aromatic carbocycles. The van der Waals surface area contributed by atoms with E-state index in [4.69, 9.17) is 4.74 Å². The first-order chi connectivity index (χ1) is 8.90. The predicted molar refractivity (Wildman–Crippen MR) is 64.8 cm³/mol. The van der Waals surface area contributed by atoms with Crippen molar-refractivity contribution in [1.29, 1.82) is 0 Å². The summed E-state index contributed by atoms with van der Waals surface area (Å²) in [5.74, 6) is -0.459. The van der Waals surface area contributed by atoms with Crippen molar-refractivity contribution < 1.29 is 22.7 Å². The van der Waals surface area contributed by atoms with E-state index in [0.29, 0.717) is 19.4 Å². The van der Waals surface area contributed by atoms with Crippen molar-refractivity contribution in [3.05, 3.63) is 0 Å². The second kappa shape index (κ2) is 5.81. The molecule has 0 aromatic heterocycles. The second-order valence-corrected chi connectivity index (χ2v) is 5.86. The average molecular weight is 278 g/mol. The Balaban J connectivity index is 1.88. The molecule has 0 radical (unpaired) electrons. The number of hydrogen-bond acceptors (Lipinski definition) is 2. The zero-order valence-electron chi connectivity index (χ0n) is 11.1. The highest BCUT2D eigenvalue weighted by atomic mass is 19.4. The van der Waals surface area contributed by atoms with Crippen LogP contribution in [-0.2, 0) is 9.53 Å². The molecule has 1 aliphatic heterocycles. The molecule has 1 heterocycles. The zero-order valence-corrected chi connectivity index (χ0v) is 11.1. The fraction of sp³-hybridized carbons (Fsp3) is 0.929. The number of Topliss-reactive ketones (excluding diaryl/α,β-unsaturated/α-hetero) is 1. The Bertz CT molecular complexity index is 314. The smallest absolute Gasteiger partial charge is 0.375 e. The van der Waals surface area contributed by atoms with Crippen LogP contribution in [0.4, 0.5) is 13.2 Å². The maximum absolute atomic E-state index is 12.2. The molecule has 19 heavy (non-hydrogen) atoms. The summed E-state index contributed by atoms with van der Waals surface area (Å²) in [5, 5.41) is 0. The molecule has 1 saturated heterocycles. The number of carbonyl (C=O) groups is 1. The standard InChI is InChI=1S/C14H21F3O2/c15-14(16,17)8-4-12(18)11-5-9-19-13(10-11)6-2-1-3-7-13/h11H,1-10H2. The lowest BCUT2D eigenvalue weighted by molar-refractivity contribution is -0.153. The van der Waals surface area contributed by atoms with Gasteiger partial charge in [0.1, 0.15) is 5.78 Å². The van der Waals surface area contributed by atoms with Crippen LogP contribution in [-0.4, -0.2) is 24.2 Å². The van der Waals surface area contributed by atoms with Gasteiger partial charge in [-0.3, -0.25) is 4.79 Å². The third-order valence-electron chi connectivity index (χ3n) is 4.37. The molecule has 0 bridgehead atoms. The lowest BCUT2D eigenvalue weighted by Crippen LogP contribution is -2.43. The van der Waals surface area contributed by atoms with Crippen LogP contribution in [0, 0.1) is 5.92 Å². The summed E-state index contributed by atoms with van der Waals surface area (Å²) >= 11 is 0. The van der Waals surface area contributed by atoms with Crippen LogP contribution >= 0.6 is 0 Å². The van der Waals surface area contributed by atoms with Gasteiger partial charge < -0.3 is 4.74 Å². The zero-order chi connectivity index (χ0) is 13.9. The highest BCUT2D eigenvalue weighted by molar-refractivity contribution is 5.81. The summed E-state index contributed by atoms with van der Waals surface area (Å²) in [6.45, 7) is 0.516. The van der Waals surface area contributed by atoms with Crippen LogP contribution in [0.15, 0.2) is 0 Å². The lowest BCUT2D eigenvalue weighted by Gasteiger charge is -2.43. The Hall–Kier alpha value is -0.580. The summed E-state index contributed by atoms with van der Waals surface area (Å²) in [7, 11) is 0. The van der Waals surface area contributed by atoms with E-state index in [0.717, 1.165) is 25.7 Å². The largest absolute Gasteiger partial charge is 0.389 e. The van der Waals surface area contributed by atoms with E-state index in [1.807, 2.05) is 0 Å². The first-order valence-corrected chi connectivity index (χ1v) is 7.14. The molecule has 2 rings (SSSR count). The number of ketones is 1. The van der Waals surface area contributed by atoms with E-state index < -0.39 is 12.6 Å². The van der Waals surface area contributed by atoms with Crippen molar-refractivity contribution in [3.63, 3.8) is 0 Å². The van der Waals surface area contributed by atoms with Crippen molar-refractivity contribution >= 4 is 5.78 Å². The number of rotatable bonds is 3. The molecular formula is C14H21F3O2. The Morgan fingerprint density at radius 2 is 1.89 bits per heavy atom. The molecule has 2 nitrogen and oxygen atoms in total. The topological polar surface area (TPSA) is 26.3 Å². The molecule has 1 aliphatic carbocycles. The van der Waals surface area contributed by atoms with E-state index in [-0.39, 0.29) is 23.7 Å². The number of halogens is 3. The maximum atomic E-state index is 12.2. The van der Waals surface area contributed by atoms with Crippen LogP contribution in [0.1, 0.15) is 57.8 Å². The minimum Gasteiger partial charge on any atom is -0.375 e. The lowest BCUT2D eigenvalue weighted by atomic mass is 9.74. The van der Waals surface area contributed by atoms with Crippen LogP contribution in [0.25, 0.3) is 0 Å². The van der Waals surface area contributed by atoms with Crippen LogP contribution < -0.4 is 0 Å². The monoisotopic (exact) mass is 278 g/mol. The quantitative estimate of drug-likeness (QED) is 0.779. The van der Waals surface area contributed by atoms with Gasteiger partial charge in [-0.15, -0.1) is 0 Å². The molecular weight excluding hydrogens is 257 g/mol. The van der Waals surface area contributed by atoms with E-state index >= 15 is 0 Å². The van der Waals surface area contributed by atoms with Crippen LogP contribution in [0.2, 0.25) is 0 Å². The van der Waals surface area contributed by atoms with Gasteiger partial charge in [0.15, 0.2) is 0 Å². The molecule has 1 saturated carbocycles. The third kappa shape index (κ3) is 4.20. The Morgan fingerprint density at radius 1 is 1.21 bits per heavy atom. The van der Waals surface area contributed by atoms with Crippen molar-refractivity contribution in [2.75, 3.05) is 6.61 Å². The van der Waals surface area contributed by atoms with Crippen LogP contribution in [0.3, 0.4) is 0 Å². The first kappa shape index (κ1) is 14.8. The van der Waals surface area contributed by atoms with Gasteiger partial charge in [0.25, 0.3) is 0 Å². The predicted octanol–water partition coefficient (Wildman–Crippen LogP) is 4.03. The van der Waals surface area contributed by atoms with Crippen molar-refractivity contribution in [2.45, 2.75) is 69.6 Å². The third-order valence-corrected chi connectivity index (χ3v) is 4.37. The highest BCUT2D eigenvalue weighted by Crippen LogP contribution is 2.41. The summed E-state index contributed by atoms with van der Waals surface area (Å²) in [6, 6.07) is 0. The van der Waals surface area contributed by atoms with E-state index in [9.17, 15) is 18.0 Å². The van der Waals surface area contributed by atoms with Gasteiger partial charge in [0.2, 0.25) is 0 Å². The maximum Gasteiger partial charge on any atom is 0.389 e. The SMILES string of the molecule is O=C(CCC(F)(F)F)C1CCOC2(CCCCC2)C1. The van der Waals surface area contributed by atoms with Gasteiger partial charge in [-0.1, -0.05) is 19.3 Å². The Morgan fingerprint density at radius 3 is 2.53 bits per heavy atom. The summed E-state index contributed by atoms with van der Waals surface area (Å²) in [6.07, 6.45) is 0.919. The molecule has 0 amide bonds. The minimum atomic E-state index is -4.23. The number of ether oxygens (including phenoxy) is 1. The fourth-order valence-corrected chi connectivity index (χ4v) is 3.32. The van der Waals surface area contributed by atoms with Crippen molar-refractivity contribution in [3.8, 4) is 0 Å². The molecule has 2 aliphatic rings. The minimum absolute atomic E-state index is 0.213. The summed E-state index contributed by atoms with van der Waals surface area (Å²) in [5.41, 5.74) is -0.213. The number of alkyl halides is 3. The van der Waals surface area contributed by atoms with Crippen molar-refractivity contribution in [1.82, 2.24) is 0 Å². The van der Waals surface area contributed by atoms with Gasteiger partial charge >= 0.3 is 6.18 Å². The molecule has 1 unspecified atom stereocenters. The van der Waals surface area contributed by atoms with E-state index in [1.165, 1.54) is 6.42 Å². The highest BCUT2D eigenvalue weighted by Gasteiger charge is 2.41. The molecule has 2 fully saturated rings. The van der Waals surface area contributed by atoms with Crippen molar-refractivity contribution in [2.24, 2.45) is 5.92 Å². The number of hydrogen-bond donors (Lipinski definition) is 0. The molecule has 0 aromatic rings. The molecule has 0 N–H and O–H groups in total. The first-order valence-electron chi connectivity index (χ1n) is 7.14. The normalized spacial score (nSPS) is 27.4. The molecule has 5 heteroatoms. The summed E-state index contributed by atoms with van der Waals surface area (Å²) in [4.78, 5) is 11.9. The van der Waals surface area contributed by atoms with Crippen LogP contribution in [0.5, 0.6) is 0 Å². The Kier molecular flexibility index (Phi) is 4.54. The van der Waals surface area contributed by atoms with Gasteiger partial charge in [-0.2, -0.15) is 13.2 Å². The number of carbonyl (C=O) groups excluding carboxylic acids is 1.